The van der Waals surface area contributed by atoms with Gasteiger partial charge in [-0.05, 0) is 43.2 Å². The van der Waals surface area contributed by atoms with Crippen LogP contribution in [-0.2, 0) is 26.2 Å². The molecule has 0 radical (unpaired) electrons. The Kier molecular flexibility index (Phi) is 6.50. The number of hydrogen-bond donors (Lipinski definition) is 1. The second-order valence-corrected chi connectivity index (χ2v) is 7.62. The van der Waals surface area contributed by atoms with Gasteiger partial charge in [-0.25, -0.2) is 13.1 Å². The molecular formula is C19H20N2O4S. The predicted molar refractivity (Wildman–Crippen MR) is 96.7 cm³/mol. The van der Waals surface area contributed by atoms with Crippen molar-refractivity contribution < 1.29 is 17.9 Å². The van der Waals surface area contributed by atoms with Gasteiger partial charge >= 0.3 is 5.97 Å². The van der Waals surface area contributed by atoms with Crippen molar-refractivity contribution in [2.75, 3.05) is 6.54 Å². The molecular weight excluding hydrogens is 352 g/mol. The summed E-state index contributed by atoms with van der Waals surface area (Å²) in [5.41, 5.74) is 2.92. The molecule has 0 heterocycles. The molecule has 0 aromatic heterocycles. The monoisotopic (exact) mass is 372 g/mol. The lowest BCUT2D eigenvalue weighted by atomic mass is 10.2. The molecule has 0 saturated carbocycles. The number of sulfonamides is 1. The first-order chi connectivity index (χ1) is 12.3. The van der Waals surface area contributed by atoms with Crippen molar-refractivity contribution in [3.63, 3.8) is 0 Å². The van der Waals surface area contributed by atoms with Crippen molar-refractivity contribution in [1.82, 2.24) is 4.72 Å². The van der Waals surface area contributed by atoms with E-state index in [4.69, 9.17) is 10.00 Å². The summed E-state index contributed by atoms with van der Waals surface area (Å²) in [4.78, 5) is 12.0. The van der Waals surface area contributed by atoms with Crippen molar-refractivity contribution in [3.05, 3.63) is 64.7 Å². The van der Waals surface area contributed by atoms with Gasteiger partial charge in [0, 0.05) is 6.54 Å². The third-order valence-electron chi connectivity index (χ3n) is 3.72. The minimum atomic E-state index is -3.67. The maximum Gasteiger partial charge on any atom is 0.307 e. The highest BCUT2D eigenvalue weighted by molar-refractivity contribution is 7.89. The van der Waals surface area contributed by atoms with E-state index in [0.29, 0.717) is 11.1 Å². The summed E-state index contributed by atoms with van der Waals surface area (Å²) in [6.07, 6.45) is -0.0690. The fourth-order valence-electron chi connectivity index (χ4n) is 2.38. The second-order valence-electron chi connectivity index (χ2n) is 5.89. The highest BCUT2D eigenvalue weighted by Crippen LogP contribution is 2.16. The molecule has 0 aliphatic heterocycles. The third-order valence-corrected chi connectivity index (χ3v) is 5.35. The lowest BCUT2D eigenvalue weighted by Gasteiger charge is -2.10. The van der Waals surface area contributed by atoms with E-state index in [1.54, 1.807) is 49.4 Å². The second kappa shape index (κ2) is 8.61. The zero-order valence-corrected chi connectivity index (χ0v) is 15.5. The number of nitrogens with zero attached hydrogens (tertiary/aromatic N) is 1. The van der Waals surface area contributed by atoms with Crippen molar-refractivity contribution in [1.29, 1.82) is 5.26 Å². The van der Waals surface area contributed by atoms with Crippen LogP contribution in [0.15, 0.2) is 47.4 Å². The Morgan fingerprint density at radius 2 is 1.85 bits per heavy atom. The Hall–Kier alpha value is -2.69. The minimum Gasteiger partial charge on any atom is -0.461 e. The molecule has 0 saturated heterocycles. The smallest absolute Gasteiger partial charge is 0.307 e. The largest absolute Gasteiger partial charge is 0.461 e. The van der Waals surface area contributed by atoms with Crippen molar-refractivity contribution in [2.45, 2.75) is 31.8 Å². The van der Waals surface area contributed by atoms with Crippen LogP contribution in [0.4, 0.5) is 0 Å². The van der Waals surface area contributed by atoms with Crippen LogP contribution >= 0.6 is 0 Å². The van der Waals surface area contributed by atoms with Crippen LogP contribution in [0.1, 0.15) is 28.7 Å². The average Bonchev–Trinajstić information content (AvgIpc) is 2.60. The van der Waals surface area contributed by atoms with E-state index in [-0.39, 0.29) is 24.5 Å². The molecule has 0 atom stereocenters. The van der Waals surface area contributed by atoms with E-state index in [1.165, 1.54) is 0 Å². The molecule has 0 aliphatic rings. The molecule has 2 aromatic rings. The van der Waals surface area contributed by atoms with E-state index in [0.717, 1.165) is 11.1 Å². The molecule has 0 unspecified atom stereocenters. The molecule has 0 bridgehead atoms. The minimum absolute atomic E-state index is 0.0398. The molecule has 7 heteroatoms. The number of hydrogen-bond acceptors (Lipinski definition) is 5. The fraction of sp³-hybridized carbons (Fsp3) is 0.263. The molecule has 2 aromatic carbocycles. The highest BCUT2D eigenvalue weighted by atomic mass is 32.2. The summed E-state index contributed by atoms with van der Waals surface area (Å²) in [5, 5.41) is 8.73. The Morgan fingerprint density at radius 1 is 1.15 bits per heavy atom. The van der Waals surface area contributed by atoms with Crippen LogP contribution in [0.25, 0.3) is 0 Å². The van der Waals surface area contributed by atoms with E-state index in [9.17, 15) is 13.2 Å². The van der Waals surface area contributed by atoms with Crippen LogP contribution in [0.3, 0.4) is 0 Å². The maximum absolute atomic E-state index is 12.3. The van der Waals surface area contributed by atoms with Crippen LogP contribution in [0.2, 0.25) is 0 Å². The van der Waals surface area contributed by atoms with Gasteiger partial charge in [0.25, 0.3) is 0 Å². The molecule has 2 rings (SSSR count). The number of carbonyl (C=O) groups excluding carboxylic acids is 1. The molecule has 0 amide bonds. The summed E-state index contributed by atoms with van der Waals surface area (Å²) >= 11 is 0. The van der Waals surface area contributed by atoms with Crippen LogP contribution < -0.4 is 4.72 Å². The van der Waals surface area contributed by atoms with Gasteiger partial charge in [-0.15, -0.1) is 0 Å². The molecule has 6 nitrogen and oxygen atoms in total. The van der Waals surface area contributed by atoms with Gasteiger partial charge in [0.1, 0.15) is 6.61 Å². The summed E-state index contributed by atoms with van der Waals surface area (Å²) in [6.45, 7) is 3.66. The summed E-state index contributed by atoms with van der Waals surface area (Å²) < 4.78 is 32.1. The number of benzene rings is 2. The average molecular weight is 372 g/mol. The summed E-state index contributed by atoms with van der Waals surface area (Å²) in [5.74, 6) is -0.502. The molecule has 1 N–H and O–H groups in total. The Bertz CT molecular complexity index is 929. The van der Waals surface area contributed by atoms with Crippen molar-refractivity contribution in [3.8, 4) is 6.07 Å². The summed E-state index contributed by atoms with van der Waals surface area (Å²) in [7, 11) is -3.67. The van der Waals surface area contributed by atoms with E-state index in [1.807, 2.05) is 13.0 Å². The van der Waals surface area contributed by atoms with Crippen molar-refractivity contribution in [2.24, 2.45) is 0 Å². The number of rotatable bonds is 7. The van der Waals surface area contributed by atoms with Crippen LogP contribution in [-0.4, -0.2) is 20.9 Å². The molecule has 0 aliphatic carbocycles. The van der Waals surface area contributed by atoms with Crippen LogP contribution in [0.5, 0.6) is 0 Å². The number of aryl methyl sites for hydroxylation is 2. The van der Waals surface area contributed by atoms with Crippen LogP contribution in [0, 0.1) is 25.2 Å². The molecule has 136 valence electrons. The van der Waals surface area contributed by atoms with Crippen molar-refractivity contribution >= 4 is 16.0 Å². The van der Waals surface area contributed by atoms with Gasteiger partial charge in [-0.1, -0.05) is 29.8 Å². The van der Waals surface area contributed by atoms with Gasteiger partial charge < -0.3 is 4.74 Å². The summed E-state index contributed by atoms with van der Waals surface area (Å²) in [6, 6.07) is 13.8. The Labute approximate surface area is 153 Å². The predicted octanol–water partition coefficient (Wildman–Crippen LogP) is 2.59. The lowest BCUT2D eigenvalue weighted by Crippen LogP contribution is -2.27. The van der Waals surface area contributed by atoms with Gasteiger partial charge in [0.15, 0.2) is 0 Å². The zero-order valence-electron chi connectivity index (χ0n) is 14.7. The molecule has 0 fully saturated rings. The van der Waals surface area contributed by atoms with E-state index >= 15 is 0 Å². The molecule has 0 spiro atoms. The number of esters is 1. The number of carbonyl (C=O) groups is 1. The lowest BCUT2D eigenvalue weighted by molar-refractivity contribution is -0.144. The maximum atomic E-state index is 12.3. The zero-order chi connectivity index (χ0) is 19.2. The first kappa shape index (κ1) is 19.6. The first-order valence-corrected chi connectivity index (χ1v) is 9.52. The number of ether oxygens (including phenoxy) is 1. The van der Waals surface area contributed by atoms with Gasteiger partial charge in [-0.3, -0.25) is 4.79 Å². The Morgan fingerprint density at radius 3 is 2.46 bits per heavy atom. The van der Waals surface area contributed by atoms with Gasteiger partial charge in [-0.2, -0.15) is 5.26 Å². The standard InChI is InChI=1S/C19H20N2O4S/c1-14-3-8-18(15(2)11-14)26(23,24)21-10-9-19(22)25-13-17-6-4-16(12-20)5-7-17/h3-8,11,21H,9-10,13H2,1-2H3. The van der Waals surface area contributed by atoms with E-state index in [2.05, 4.69) is 4.72 Å². The first-order valence-electron chi connectivity index (χ1n) is 8.03. The molecule has 26 heavy (non-hydrogen) atoms. The van der Waals surface area contributed by atoms with Gasteiger partial charge in [0.2, 0.25) is 10.0 Å². The highest BCUT2D eigenvalue weighted by Gasteiger charge is 2.17. The topological polar surface area (TPSA) is 96.3 Å². The Balaban J connectivity index is 1.82. The number of nitriles is 1. The van der Waals surface area contributed by atoms with Gasteiger partial charge in [0.05, 0.1) is 22.9 Å². The fourth-order valence-corrected chi connectivity index (χ4v) is 3.63. The van der Waals surface area contributed by atoms with E-state index < -0.39 is 16.0 Å². The number of nitrogens with one attached hydrogen (secondary N) is 1. The SMILES string of the molecule is Cc1ccc(S(=O)(=O)NCCC(=O)OCc2ccc(C#N)cc2)c(C)c1. The third kappa shape index (κ3) is 5.41. The normalized spacial score (nSPS) is 11.0. The quantitative estimate of drug-likeness (QED) is 0.754.